The Morgan fingerprint density at radius 2 is 1.93 bits per heavy atom. The lowest BCUT2D eigenvalue weighted by Gasteiger charge is -2.34. The summed E-state index contributed by atoms with van der Waals surface area (Å²) in [6, 6.07) is 11.3. The Hall–Kier alpha value is -2.90. The van der Waals surface area contributed by atoms with E-state index in [0.717, 1.165) is 67.8 Å². The van der Waals surface area contributed by atoms with Crippen molar-refractivity contribution in [1.29, 1.82) is 5.26 Å². The third kappa shape index (κ3) is 9.07. The van der Waals surface area contributed by atoms with Crippen molar-refractivity contribution in [2.24, 2.45) is 5.41 Å². The van der Waals surface area contributed by atoms with Gasteiger partial charge in [-0.25, -0.2) is 9.97 Å². The van der Waals surface area contributed by atoms with Gasteiger partial charge in [-0.05, 0) is 83.9 Å². The highest BCUT2D eigenvalue weighted by molar-refractivity contribution is 6.33. The van der Waals surface area contributed by atoms with Gasteiger partial charge in [-0.15, -0.1) is 0 Å². The molecule has 1 aliphatic carbocycles. The minimum absolute atomic E-state index is 0.227. The number of nitriles is 1. The second-order valence-corrected chi connectivity index (χ2v) is 12.7. The molecule has 9 nitrogen and oxygen atoms in total. The maximum absolute atomic E-state index is 9.78. The van der Waals surface area contributed by atoms with Crippen LogP contribution in [0.2, 0.25) is 5.02 Å². The Labute approximate surface area is 268 Å². The summed E-state index contributed by atoms with van der Waals surface area (Å²) in [6.07, 6.45) is 8.17. The van der Waals surface area contributed by atoms with E-state index in [1.165, 1.54) is 0 Å². The predicted molar refractivity (Wildman–Crippen MR) is 177 cm³/mol. The largest absolute Gasteiger partial charge is 0.496 e. The van der Waals surface area contributed by atoms with Gasteiger partial charge in [0.05, 0.1) is 35.4 Å². The highest BCUT2D eigenvalue weighted by Gasteiger charge is 2.33. The van der Waals surface area contributed by atoms with Gasteiger partial charge in [-0.2, -0.15) is 5.26 Å². The van der Waals surface area contributed by atoms with E-state index in [2.05, 4.69) is 47.4 Å². The Balaban J connectivity index is 1.28. The lowest BCUT2D eigenvalue weighted by atomic mass is 9.82. The fourth-order valence-corrected chi connectivity index (χ4v) is 6.03. The van der Waals surface area contributed by atoms with E-state index in [1.54, 1.807) is 6.20 Å². The summed E-state index contributed by atoms with van der Waals surface area (Å²) in [5.41, 5.74) is 0.675. The number of hydrogen-bond acceptors (Lipinski definition) is 9. The van der Waals surface area contributed by atoms with Crippen molar-refractivity contribution < 1.29 is 14.2 Å². The normalized spacial score (nSPS) is 21.8. The van der Waals surface area contributed by atoms with Gasteiger partial charge in [0.25, 0.3) is 0 Å². The Morgan fingerprint density at radius 1 is 1.20 bits per heavy atom. The van der Waals surface area contributed by atoms with Gasteiger partial charge >= 0.3 is 0 Å². The molecule has 2 fully saturated rings. The zero-order valence-electron chi connectivity index (χ0n) is 26.8. The van der Waals surface area contributed by atoms with Crippen LogP contribution in [0.4, 0.5) is 11.6 Å². The second-order valence-electron chi connectivity index (χ2n) is 12.3. The van der Waals surface area contributed by atoms with E-state index >= 15 is 0 Å². The first-order valence-corrected chi connectivity index (χ1v) is 16.4. The molecule has 10 heteroatoms. The highest BCUT2D eigenvalue weighted by atomic mass is 35.5. The van der Waals surface area contributed by atoms with Crippen LogP contribution in [0.3, 0.4) is 0 Å². The molecule has 3 N–H and O–H groups in total. The first-order valence-electron chi connectivity index (χ1n) is 16.0. The third-order valence-electron chi connectivity index (χ3n) is 9.01. The van der Waals surface area contributed by atoms with Crippen LogP contribution >= 0.6 is 11.6 Å². The van der Waals surface area contributed by atoms with Crippen LogP contribution in [0.5, 0.6) is 0 Å². The number of nitrogens with zero attached hydrogens (tertiary/aromatic N) is 3. The number of hydrogen-bond donors (Lipinski definition) is 3. The first kappa shape index (κ1) is 34.0. The fourth-order valence-electron chi connectivity index (χ4n) is 5.83. The van der Waals surface area contributed by atoms with Crippen molar-refractivity contribution in [3.05, 3.63) is 47.8 Å². The maximum Gasteiger partial charge on any atom is 0.126 e. The third-order valence-corrected chi connectivity index (χ3v) is 9.31. The molecule has 240 valence electrons. The lowest BCUT2D eigenvalue weighted by Crippen LogP contribution is -2.45. The van der Waals surface area contributed by atoms with Gasteiger partial charge in [0.1, 0.15) is 23.0 Å². The lowest BCUT2D eigenvalue weighted by molar-refractivity contribution is -0.0522. The van der Waals surface area contributed by atoms with E-state index in [1.807, 2.05) is 38.1 Å². The van der Waals surface area contributed by atoms with Crippen molar-refractivity contribution in [3.63, 3.8) is 0 Å². The number of rotatable bonds is 15. The highest BCUT2D eigenvalue weighted by Crippen LogP contribution is 2.32. The van der Waals surface area contributed by atoms with Crippen LogP contribution in [0.25, 0.3) is 11.3 Å². The zero-order chi connectivity index (χ0) is 31.6. The fraction of sp³-hybridized carbons (Fsp3) is 0.618. The van der Waals surface area contributed by atoms with Gasteiger partial charge in [-0.3, -0.25) is 0 Å². The van der Waals surface area contributed by atoms with Gasteiger partial charge in [0, 0.05) is 49.6 Å². The summed E-state index contributed by atoms with van der Waals surface area (Å²) in [6.45, 7) is 15.3. The van der Waals surface area contributed by atoms with Crippen LogP contribution < -0.4 is 16.0 Å². The molecule has 1 aliphatic heterocycles. The molecule has 0 spiro atoms. The summed E-state index contributed by atoms with van der Waals surface area (Å²) >= 11 is 6.59. The predicted octanol–water partition coefficient (Wildman–Crippen LogP) is 6.97. The number of aromatic nitrogens is 2. The number of pyridine rings is 2. The topological polar surface area (TPSA) is 113 Å². The van der Waals surface area contributed by atoms with Crippen molar-refractivity contribution in [1.82, 2.24) is 15.3 Å². The summed E-state index contributed by atoms with van der Waals surface area (Å²) in [7, 11) is 0. The molecule has 1 saturated carbocycles. The standard InChI is InChI=1S/C34H49ClN6O3/c1-6-33(5,25(4)43-7-2)44-21-24(3)39-26-11-13-27(14-12-26)40-32-19-28(29(35)20-37-32)30-9-8-10-31(41-30)38-23-34(22-36)15-17-42-18-16-34/h8-10,19-20,24,26-27,39H,4,6-7,11-18,21,23H2,1-3,5H3,(H,37,40)(H,38,41)/t24-,26-,27-,33?/m0/s1. The minimum atomic E-state index is -0.476. The van der Waals surface area contributed by atoms with Crippen LogP contribution in [0, 0.1) is 16.7 Å². The Bertz CT molecular complexity index is 1270. The van der Waals surface area contributed by atoms with Crippen molar-refractivity contribution in [2.45, 2.75) is 96.4 Å². The Morgan fingerprint density at radius 3 is 2.61 bits per heavy atom. The van der Waals surface area contributed by atoms with E-state index in [9.17, 15) is 5.26 Å². The number of nitrogens with one attached hydrogen (secondary N) is 3. The van der Waals surface area contributed by atoms with E-state index < -0.39 is 11.0 Å². The van der Waals surface area contributed by atoms with Gasteiger partial charge in [-0.1, -0.05) is 31.2 Å². The monoisotopic (exact) mass is 624 g/mol. The quantitative estimate of drug-likeness (QED) is 0.181. The molecule has 1 unspecified atom stereocenters. The average molecular weight is 625 g/mol. The van der Waals surface area contributed by atoms with E-state index in [0.29, 0.717) is 55.8 Å². The molecule has 2 aromatic heterocycles. The number of ether oxygens (including phenoxy) is 3. The van der Waals surface area contributed by atoms with Crippen LogP contribution in [0.1, 0.15) is 72.6 Å². The van der Waals surface area contributed by atoms with Crippen LogP contribution in [-0.4, -0.2) is 66.7 Å². The van der Waals surface area contributed by atoms with Gasteiger partial charge < -0.3 is 30.2 Å². The summed E-state index contributed by atoms with van der Waals surface area (Å²) < 4.78 is 17.4. The minimum Gasteiger partial charge on any atom is -0.496 e. The number of anilines is 2. The molecule has 2 aromatic rings. The van der Waals surface area contributed by atoms with Crippen molar-refractivity contribution in [2.75, 3.05) is 43.6 Å². The van der Waals surface area contributed by atoms with E-state index in [-0.39, 0.29) is 6.04 Å². The first-order chi connectivity index (χ1) is 21.2. The van der Waals surface area contributed by atoms with E-state index in [4.69, 9.17) is 30.8 Å². The van der Waals surface area contributed by atoms with Crippen LogP contribution in [-0.2, 0) is 14.2 Å². The summed E-state index contributed by atoms with van der Waals surface area (Å²) in [5.74, 6) is 2.20. The Kier molecular flexibility index (Phi) is 12.3. The maximum atomic E-state index is 9.78. The molecular weight excluding hydrogens is 576 g/mol. The molecule has 3 heterocycles. The zero-order valence-corrected chi connectivity index (χ0v) is 27.5. The number of halogens is 1. The molecule has 1 saturated heterocycles. The van der Waals surface area contributed by atoms with Crippen LogP contribution in [0.15, 0.2) is 42.8 Å². The molecule has 0 aromatic carbocycles. The van der Waals surface area contributed by atoms with Gasteiger partial charge in [0.15, 0.2) is 0 Å². The molecular formula is C34H49ClN6O3. The average Bonchev–Trinajstić information content (AvgIpc) is 3.05. The molecule has 4 rings (SSSR count). The van der Waals surface area contributed by atoms with Crippen molar-refractivity contribution in [3.8, 4) is 17.3 Å². The van der Waals surface area contributed by atoms with Crippen molar-refractivity contribution >= 4 is 23.2 Å². The second kappa shape index (κ2) is 15.9. The SMILES string of the molecule is C=C(OCC)C(C)(CC)OC[C@H](C)N[C@H]1CC[C@H](Nc2cc(-c3cccc(NCC4(C#N)CCOCC4)n3)c(Cl)cn2)CC1. The molecule has 2 atom stereocenters. The molecule has 44 heavy (non-hydrogen) atoms. The molecule has 2 aliphatic rings. The summed E-state index contributed by atoms with van der Waals surface area (Å²) in [5, 5.41) is 21.1. The molecule has 0 radical (unpaired) electrons. The van der Waals surface area contributed by atoms with Gasteiger partial charge in [0.2, 0.25) is 0 Å². The smallest absolute Gasteiger partial charge is 0.126 e. The molecule has 0 bridgehead atoms. The summed E-state index contributed by atoms with van der Waals surface area (Å²) in [4.78, 5) is 9.38. The molecule has 0 amide bonds.